The SMILES string of the molecule is O=C1O[C@](Oc2ccc3ccccc3c2)(c2ccccc2)c2ccccc21. The lowest BCUT2D eigenvalue weighted by Crippen LogP contribution is -2.34. The van der Waals surface area contributed by atoms with E-state index in [2.05, 4.69) is 6.07 Å². The van der Waals surface area contributed by atoms with Gasteiger partial charge in [-0.05, 0) is 35.0 Å². The van der Waals surface area contributed by atoms with Gasteiger partial charge >= 0.3 is 11.8 Å². The zero-order valence-electron chi connectivity index (χ0n) is 14.5. The Labute approximate surface area is 156 Å². The first kappa shape index (κ1) is 15.6. The summed E-state index contributed by atoms with van der Waals surface area (Å²) < 4.78 is 12.3. The summed E-state index contributed by atoms with van der Waals surface area (Å²) in [6.45, 7) is 0. The number of hydrogen-bond donors (Lipinski definition) is 0. The van der Waals surface area contributed by atoms with E-state index in [1.807, 2.05) is 84.9 Å². The highest BCUT2D eigenvalue weighted by molar-refractivity contribution is 5.95. The van der Waals surface area contributed by atoms with Crippen molar-refractivity contribution in [1.82, 2.24) is 0 Å². The standard InChI is InChI=1S/C24H16O3/c25-23-21-12-6-7-13-22(21)24(27-23,19-10-2-1-3-11-19)26-20-15-14-17-8-4-5-9-18(17)16-20/h1-16H/t24-/m1/s1. The Balaban J connectivity index is 1.69. The normalized spacial score (nSPS) is 18.1. The van der Waals surface area contributed by atoms with Gasteiger partial charge in [-0.1, -0.05) is 72.8 Å². The highest BCUT2D eigenvalue weighted by atomic mass is 16.7. The highest BCUT2D eigenvalue weighted by Gasteiger charge is 2.49. The van der Waals surface area contributed by atoms with Crippen molar-refractivity contribution in [3.05, 3.63) is 114 Å². The molecule has 0 saturated carbocycles. The first-order valence-corrected chi connectivity index (χ1v) is 8.82. The molecule has 3 heteroatoms. The van der Waals surface area contributed by atoms with Crippen LogP contribution in [-0.2, 0) is 10.5 Å². The fourth-order valence-corrected chi connectivity index (χ4v) is 3.59. The van der Waals surface area contributed by atoms with Crippen molar-refractivity contribution < 1.29 is 14.3 Å². The number of carbonyl (C=O) groups excluding carboxylic acids is 1. The van der Waals surface area contributed by atoms with Crippen LogP contribution in [0, 0.1) is 0 Å². The first-order chi connectivity index (χ1) is 13.3. The van der Waals surface area contributed by atoms with Crippen LogP contribution >= 0.6 is 0 Å². The van der Waals surface area contributed by atoms with Crippen molar-refractivity contribution in [2.75, 3.05) is 0 Å². The van der Waals surface area contributed by atoms with Gasteiger partial charge < -0.3 is 9.47 Å². The molecule has 1 heterocycles. The van der Waals surface area contributed by atoms with Gasteiger partial charge in [0.2, 0.25) is 0 Å². The third-order valence-electron chi connectivity index (χ3n) is 4.87. The van der Waals surface area contributed by atoms with Gasteiger partial charge in [0, 0.05) is 5.56 Å². The van der Waals surface area contributed by atoms with Gasteiger partial charge in [0.05, 0.1) is 11.1 Å². The second-order valence-electron chi connectivity index (χ2n) is 6.53. The number of hydrogen-bond acceptors (Lipinski definition) is 3. The van der Waals surface area contributed by atoms with Crippen molar-refractivity contribution in [3.63, 3.8) is 0 Å². The van der Waals surface area contributed by atoms with Crippen molar-refractivity contribution in [3.8, 4) is 5.75 Å². The molecule has 1 aliphatic rings. The summed E-state index contributed by atoms with van der Waals surface area (Å²) in [6, 6.07) is 30.9. The van der Waals surface area contributed by atoms with Crippen LogP contribution in [0.1, 0.15) is 21.5 Å². The third-order valence-corrected chi connectivity index (χ3v) is 4.87. The Hall–Kier alpha value is -3.59. The topological polar surface area (TPSA) is 35.5 Å². The molecule has 0 saturated heterocycles. The minimum Gasteiger partial charge on any atom is -0.444 e. The van der Waals surface area contributed by atoms with E-state index in [1.165, 1.54) is 0 Å². The lowest BCUT2D eigenvalue weighted by atomic mass is 9.95. The van der Waals surface area contributed by atoms with Crippen LogP contribution in [0.25, 0.3) is 10.8 Å². The predicted molar refractivity (Wildman–Crippen MR) is 104 cm³/mol. The van der Waals surface area contributed by atoms with E-state index in [0.29, 0.717) is 16.9 Å². The summed E-state index contributed by atoms with van der Waals surface area (Å²) >= 11 is 0. The van der Waals surface area contributed by atoms with E-state index in [4.69, 9.17) is 9.47 Å². The fraction of sp³-hybridized carbons (Fsp3) is 0.0417. The molecular formula is C24H16O3. The molecular weight excluding hydrogens is 336 g/mol. The van der Waals surface area contributed by atoms with Gasteiger partial charge in [0.25, 0.3) is 0 Å². The van der Waals surface area contributed by atoms with Crippen LogP contribution < -0.4 is 4.74 Å². The largest absolute Gasteiger partial charge is 0.444 e. The molecule has 0 fully saturated rings. The van der Waals surface area contributed by atoms with Gasteiger partial charge in [-0.25, -0.2) is 4.79 Å². The molecule has 3 nitrogen and oxygen atoms in total. The van der Waals surface area contributed by atoms with E-state index in [9.17, 15) is 4.79 Å². The van der Waals surface area contributed by atoms with Crippen LogP contribution in [0.5, 0.6) is 5.75 Å². The van der Waals surface area contributed by atoms with E-state index >= 15 is 0 Å². The summed E-state index contributed by atoms with van der Waals surface area (Å²) in [5.74, 6) is -1.03. The minimum absolute atomic E-state index is 0.379. The average molecular weight is 352 g/mol. The van der Waals surface area contributed by atoms with E-state index < -0.39 is 5.79 Å². The zero-order valence-corrected chi connectivity index (χ0v) is 14.5. The molecule has 4 aromatic rings. The molecule has 0 unspecified atom stereocenters. The lowest BCUT2D eigenvalue weighted by molar-refractivity contribution is -0.108. The van der Waals surface area contributed by atoms with Crippen LogP contribution in [0.3, 0.4) is 0 Å². The summed E-state index contributed by atoms with van der Waals surface area (Å²) in [5, 5.41) is 2.19. The molecule has 0 amide bonds. The van der Waals surface area contributed by atoms with Crippen molar-refractivity contribution in [2.24, 2.45) is 0 Å². The average Bonchev–Trinajstić information content (AvgIpc) is 3.02. The van der Waals surface area contributed by atoms with Crippen LogP contribution in [0.15, 0.2) is 97.1 Å². The molecule has 0 radical (unpaired) electrons. The van der Waals surface area contributed by atoms with Gasteiger partial charge in [-0.2, -0.15) is 0 Å². The maximum absolute atomic E-state index is 12.6. The smallest absolute Gasteiger partial charge is 0.342 e. The van der Waals surface area contributed by atoms with Crippen LogP contribution in [0.4, 0.5) is 0 Å². The number of esters is 1. The van der Waals surface area contributed by atoms with Crippen molar-refractivity contribution in [1.29, 1.82) is 0 Å². The van der Waals surface area contributed by atoms with E-state index in [0.717, 1.165) is 16.3 Å². The Kier molecular flexibility index (Phi) is 3.47. The molecule has 0 spiro atoms. The van der Waals surface area contributed by atoms with Gasteiger partial charge in [0.15, 0.2) is 0 Å². The number of benzene rings is 4. The molecule has 4 aromatic carbocycles. The summed E-state index contributed by atoms with van der Waals surface area (Å²) in [5.41, 5.74) is 2.02. The van der Waals surface area contributed by atoms with E-state index in [-0.39, 0.29) is 5.97 Å². The molecule has 0 aromatic heterocycles. The van der Waals surface area contributed by atoms with Crippen molar-refractivity contribution >= 4 is 16.7 Å². The van der Waals surface area contributed by atoms with Crippen LogP contribution in [-0.4, -0.2) is 5.97 Å². The van der Waals surface area contributed by atoms with Gasteiger partial charge in [0.1, 0.15) is 5.75 Å². The predicted octanol–water partition coefficient (Wildman–Crippen LogP) is 5.29. The lowest BCUT2D eigenvalue weighted by Gasteiger charge is -2.30. The monoisotopic (exact) mass is 352 g/mol. The molecule has 1 aliphatic heterocycles. The molecule has 0 bridgehead atoms. The van der Waals surface area contributed by atoms with E-state index in [1.54, 1.807) is 6.07 Å². The summed E-state index contributed by atoms with van der Waals surface area (Å²) in [6.07, 6.45) is 0. The Morgan fingerprint density at radius 2 is 1.41 bits per heavy atom. The molecule has 0 aliphatic carbocycles. The number of carbonyl (C=O) groups is 1. The zero-order chi connectivity index (χ0) is 18.3. The quantitative estimate of drug-likeness (QED) is 0.470. The molecule has 1 atom stereocenters. The Bertz CT molecular complexity index is 1150. The Morgan fingerprint density at radius 3 is 2.26 bits per heavy atom. The maximum Gasteiger partial charge on any atom is 0.342 e. The highest BCUT2D eigenvalue weighted by Crippen LogP contribution is 2.43. The van der Waals surface area contributed by atoms with Crippen molar-refractivity contribution in [2.45, 2.75) is 5.79 Å². The second kappa shape index (κ2) is 5.99. The molecule has 130 valence electrons. The minimum atomic E-state index is -1.29. The number of rotatable bonds is 3. The summed E-state index contributed by atoms with van der Waals surface area (Å²) in [7, 11) is 0. The maximum atomic E-state index is 12.6. The number of fused-ring (bicyclic) bond motifs is 2. The number of cyclic esters (lactones) is 1. The molecule has 0 N–H and O–H groups in total. The molecule has 5 rings (SSSR count). The third kappa shape index (κ3) is 2.48. The van der Waals surface area contributed by atoms with Crippen LogP contribution in [0.2, 0.25) is 0 Å². The number of ether oxygens (including phenoxy) is 2. The van der Waals surface area contributed by atoms with Gasteiger partial charge in [-0.15, -0.1) is 0 Å². The summed E-state index contributed by atoms with van der Waals surface area (Å²) in [4.78, 5) is 12.6. The molecule has 27 heavy (non-hydrogen) atoms. The van der Waals surface area contributed by atoms with Gasteiger partial charge in [-0.3, -0.25) is 0 Å². The first-order valence-electron chi connectivity index (χ1n) is 8.82. The fourth-order valence-electron chi connectivity index (χ4n) is 3.59. The second-order valence-corrected chi connectivity index (χ2v) is 6.53. The Morgan fingerprint density at radius 1 is 0.704 bits per heavy atom.